The van der Waals surface area contributed by atoms with Gasteiger partial charge in [0.25, 0.3) is 0 Å². The Morgan fingerprint density at radius 3 is 2.38 bits per heavy atom. The molecule has 3 nitrogen and oxygen atoms in total. The number of nitrogens with zero attached hydrogens (tertiary/aromatic N) is 1. The van der Waals surface area contributed by atoms with E-state index >= 15 is 0 Å². The Hall–Kier alpha value is -3.40. The highest BCUT2D eigenvalue weighted by atomic mass is 19.1. The van der Waals surface area contributed by atoms with Crippen LogP contribution in [0.3, 0.4) is 0 Å². The van der Waals surface area contributed by atoms with Gasteiger partial charge in [0.1, 0.15) is 12.4 Å². The molecule has 3 aromatic carbocycles. The molecule has 4 heteroatoms. The molecule has 34 heavy (non-hydrogen) atoms. The summed E-state index contributed by atoms with van der Waals surface area (Å²) in [5, 5.41) is 0. The summed E-state index contributed by atoms with van der Waals surface area (Å²) in [5.41, 5.74) is 7.61. The highest BCUT2D eigenvalue weighted by molar-refractivity contribution is 5.79. The number of hydrogen-bond acceptors (Lipinski definition) is 2. The molecule has 0 saturated carbocycles. The van der Waals surface area contributed by atoms with E-state index in [0.29, 0.717) is 12.2 Å². The Labute approximate surface area is 199 Å². The van der Waals surface area contributed by atoms with E-state index in [1.807, 2.05) is 17.0 Å². The average molecular weight is 454 g/mol. The maximum atomic E-state index is 14.2. The fourth-order valence-corrected chi connectivity index (χ4v) is 5.99. The van der Waals surface area contributed by atoms with Crippen LogP contribution < -0.4 is 0 Å². The highest BCUT2D eigenvalue weighted by Crippen LogP contribution is 2.45. The standard InChI is InChI=1S/C30H28FNO2/c1-19-13-14-20(17-29(19)31)21-15-22-7-6-8-23(16-21)32(22)30(33)34-18-28-26-11-4-2-9-24(26)25-10-3-5-12-27(25)28/h2-5,9-15,17,22-23,28H,6-8,16,18H2,1H3. The van der Waals surface area contributed by atoms with Gasteiger partial charge in [-0.25, -0.2) is 9.18 Å². The van der Waals surface area contributed by atoms with E-state index in [1.54, 1.807) is 13.0 Å². The lowest BCUT2D eigenvalue weighted by molar-refractivity contribution is 0.0539. The van der Waals surface area contributed by atoms with Gasteiger partial charge in [0.05, 0.1) is 6.04 Å². The van der Waals surface area contributed by atoms with Crippen molar-refractivity contribution < 1.29 is 13.9 Å². The van der Waals surface area contributed by atoms with Gasteiger partial charge in [0.15, 0.2) is 0 Å². The summed E-state index contributed by atoms with van der Waals surface area (Å²) in [5.74, 6) is -0.120. The maximum Gasteiger partial charge on any atom is 0.410 e. The van der Waals surface area contributed by atoms with Crippen LogP contribution in [0.2, 0.25) is 0 Å². The van der Waals surface area contributed by atoms with E-state index in [4.69, 9.17) is 4.74 Å². The first-order valence-electron chi connectivity index (χ1n) is 12.2. The van der Waals surface area contributed by atoms with Gasteiger partial charge in [-0.2, -0.15) is 0 Å². The zero-order valence-corrected chi connectivity index (χ0v) is 19.3. The minimum atomic E-state index is -0.234. The molecule has 0 aromatic heterocycles. The first kappa shape index (κ1) is 21.2. The lowest BCUT2D eigenvalue weighted by Gasteiger charge is -2.44. The second-order valence-electron chi connectivity index (χ2n) is 9.72. The minimum Gasteiger partial charge on any atom is -0.448 e. The third-order valence-corrected chi connectivity index (χ3v) is 7.73. The molecule has 2 aliphatic heterocycles. The van der Waals surface area contributed by atoms with Crippen LogP contribution in [0, 0.1) is 12.7 Å². The van der Waals surface area contributed by atoms with Crippen molar-refractivity contribution in [1.29, 1.82) is 0 Å². The molecule has 1 fully saturated rings. The fourth-order valence-electron chi connectivity index (χ4n) is 5.99. The van der Waals surface area contributed by atoms with Gasteiger partial charge in [0.2, 0.25) is 0 Å². The van der Waals surface area contributed by atoms with Crippen molar-refractivity contribution in [1.82, 2.24) is 4.90 Å². The second kappa shape index (κ2) is 8.43. The number of rotatable bonds is 3. The molecule has 2 atom stereocenters. The number of piperidine rings is 1. The van der Waals surface area contributed by atoms with Gasteiger partial charge in [0, 0.05) is 12.0 Å². The number of carbonyl (C=O) groups is 1. The van der Waals surface area contributed by atoms with E-state index < -0.39 is 0 Å². The Kier molecular flexibility index (Phi) is 5.24. The van der Waals surface area contributed by atoms with Crippen LogP contribution in [0.4, 0.5) is 9.18 Å². The molecule has 1 aliphatic carbocycles. The molecule has 2 unspecified atom stereocenters. The molecule has 3 aliphatic rings. The van der Waals surface area contributed by atoms with E-state index in [2.05, 4.69) is 54.6 Å². The Bertz CT molecular complexity index is 1250. The number of hydrogen-bond donors (Lipinski definition) is 0. The largest absolute Gasteiger partial charge is 0.448 e. The van der Waals surface area contributed by atoms with E-state index in [9.17, 15) is 9.18 Å². The molecule has 0 radical (unpaired) electrons. The van der Waals surface area contributed by atoms with Crippen LogP contribution in [0.15, 0.2) is 72.8 Å². The van der Waals surface area contributed by atoms with Gasteiger partial charge in [-0.1, -0.05) is 66.7 Å². The summed E-state index contributed by atoms with van der Waals surface area (Å²) in [6.45, 7) is 2.12. The molecule has 172 valence electrons. The van der Waals surface area contributed by atoms with Crippen LogP contribution in [0.25, 0.3) is 16.7 Å². The zero-order valence-electron chi connectivity index (χ0n) is 19.3. The van der Waals surface area contributed by atoms with Crippen molar-refractivity contribution in [2.75, 3.05) is 6.61 Å². The van der Waals surface area contributed by atoms with Crippen LogP contribution in [-0.4, -0.2) is 29.7 Å². The average Bonchev–Trinajstić information content (AvgIpc) is 3.17. The third kappa shape index (κ3) is 3.53. The first-order valence-corrected chi connectivity index (χ1v) is 12.2. The Morgan fingerprint density at radius 1 is 1.00 bits per heavy atom. The molecular formula is C30H28FNO2. The molecule has 2 heterocycles. The van der Waals surface area contributed by atoms with Crippen molar-refractivity contribution in [3.05, 3.63) is 101 Å². The summed E-state index contributed by atoms with van der Waals surface area (Å²) in [6, 6.07) is 22.3. The number of amides is 1. The number of carbonyl (C=O) groups excluding carboxylic acids is 1. The summed E-state index contributed by atoms with van der Waals surface area (Å²) in [7, 11) is 0. The maximum absolute atomic E-state index is 14.2. The molecule has 1 saturated heterocycles. The van der Waals surface area contributed by atoms with Crippen molar-refractivity contribution in [2.24, 2.45) is 0 Å². The number of halogens is 1. The predicted molar refractivity (Wildman–Crippen MR) is 132 cm³/mol. The van der Waals surface area contributed by atoms with Crippen LogP contribution in [0.5, 0.6) is 0 Å². The fraction of sp³-hybridized carbons (Fsp3) is 0.300. The van der Waals surface area contributed by atoms with Crippen molar-refractivity contribution >= 4 is 11.7 Å². The summed E-state index contributed by atoms with van der Waals surface area (Å²) in [4.78, 5) is 15.3. The molecule has 2 bridgehead atoms. The van der Waals surface area contributed by atoms with Gasteiger partial charge < -0.3 is 4.74 Å². The van der Waals surface area contributed by atoms with Crippen molar-refractivity contribution in [3.63, 3.8) is 0 Å². The van der Waals surface area contributed by atoms with E-state index in [-0.39, 0.29) is 29.9 Å². The zero-order chi connectivity index (χ0) is 23.2. The summed E-state index contributed by atoms with van der Waals surface area (Å²) in [6.07, 6.45) is 5.62. The topological polar surface area (TPSA) is 29.5 Å². The van der Waals surface area contributed by atoms with Crippen molar-refractivity contribution in [2.45, 2.75) is 50.6 Å². The van der Waals surface area contributed by atoms with Gasteiger partial charge in [-0.05, 0) is 77.6 Å². The third-order valence-electron chi connectivity index (χ3n) is 7.73. The lowest BCUT2D eigenvalue weighted by atomic mass is 9.83. The van der Waals surface area contributed by atoms with Gasteiger partial charge in [-0.15, -0.1) is 0 Å². The Balaban J connectivity index is 1.22. The van der Waals surface area contributed by atoms with Crippen LogP contribution >= 0.6 is 0 Å². The van der Waals surface area contributed by atoms with Crippen LogP contribution in [0.1, 0.15) is 53.9 Å². The Morgan fingerprint density at radius 2 is 1.71 bits per heavy atom. The van der Waals surface area contributed by atoms with Crippen LogP contribution in [-0.2, 0) is 4.74 Å². The highest BCUT2D eigenvalue weighted by Gasteiger charge is 2.39. The normalized spacial score (nSPS) is 21.0. The number of aryl methyl sites for hydroxylation is 1. The molecule has 0 N–H and O–H groups in total. The number of benzene rings is 3. The predicted octanol–water partition coefficient (Wildman–Crippen LogP) is 7.09. The number of fused-ring (bicyclic) bond motifs is 5. The molecule has 3 aromatic rings. The molecule has 1 amide bonds. The van der Waals surface area contributed by atoms with Gasteiger partial charge >= 0.3 is 6.09 Å². The second-order valence-corrected chi connectivity index (χ2v) is 9.72. The molecular weight excluding hydrogens is 425 g/mol. The summed E-state index contributed by atoms with van der Waals surface area (Å²) < 4.78 is 20.2. The lowest BCUT2D eigenvalue weighted by Crippen LogP contribution is -2.51. The van der Waals surface area contributed by atoms with Gasteiger partial charge in [-0.3, -0.25) is 4.90 Å². The van der Waals surface area contributed by atoms with E-state index in [1.165, 1.54) is 22.3 Å². The molecule has 6 rings (SSSR count). The SMILES string of the molecule is Cc1ccc(C2=CC3CCCC(C2)N3C(=O)OCC2c3ccccc3-c3ccccc32)cc1F. The minimum absolute atomic E-state index is 0.00233. The molecule has 0 spiro atoms. The quantitative estimate of drug-likeness (QED) is 0.424. The first-order chi connectivity index (χ1) is 16.6. The summed E-state index contributed by atoms with van der Waals surface area (Å²) >= 11 is 0. The van der Waals surface area contributed by atoms with E-state index in [0.717, 1.165) is 36.8 Å². The number of ether oxygens (including phenoxy) is 1. The van der Waals surface area contributed by atoms with Crippen molar-refractivity contribution in [3.8, 4) is 11.1 Å². The monoisotopic (exact) mass is 453 g/mol. The smallest absolute Gasteiger partial charge is 0.410 e.